The number of carbonyl (C=O) groups is 1. The molecule has 2 rings (SSSR count). The van der Waals surface area contributed by atoms with Crippen LogP contribution in [0.2, 0.25) is 0 Å². The van der Waals surface area contributed by atoms with Gasteiger partial charge in [-0.1, -0.05) is 0 Å². The number of hydrogen-bond acceptors (Lipinski definition) is 4. The lowest BCUT2D eigenvalue weighted by Gasteiger charge is -2.05. The third-order valence-electron chi connectivity index (χ3n) is 2.65. The maximum Gasteiger partial charge on any atom is 0.307 e. The van der Waals surface area contributed by atoms with E-state index in [9.17, 15) is 4.79 Å². The van der Waals surface area contributed by atoms with Gasteiger partial charge >= 0.3 is 5.97 Å². The number of hydrogen-bond donors (Lipinski definition) is 1. The minimum atomic E-state index is -0.681. The lowest BCUT2D eigenvalue weighted by molar-refractivity contribution is -0.138. The average molecular weight is 226 g/mol. The van der Waals surface area contributed by atoms with Gasteiger partial charge < -0.3 is 10.0 Å². The van der Waals surface area contributed by atoms with Gasteiger partial charge in [-0.15, -0.1) is 11.3 Å². The SMILES string of the molecule is Cc1nc(N(C)C)sc1C1CC1C(=O)O. The highest BCUT2D eigenvalue weighted by molar-refractivity contribution is 7.15. The van der Waals surface area contributed by atoms with Crippen LogP contribution in [0, 0.1) is 12.8 Å². The minimum absolute atomic E-state index is 0.181. The number of carboxylic acid groups (broad SMARTS) is 1. The molecule has 0 bridgehead atoms. The molecule has 1 aliphatic carbocycles. The molecule has 2 atom stereocenters. The molecule has 0 aromatic carbocycles. The first-order valence-corrected chi connectivity index (χ1v) is 5.69. The number of aryl methyl sites for hydroxylation is 1. The van der Waals surface area contributed by atoms with E-state index in [1.165, 1.54) is 0 Å². The summed E-state index contributed by atoms with van der Waals surface area (Å²) < 4.78 is 0. The van der Waals surface area contributed by atoms with Gasteiger partial charge in [0.1, 0.15) is 0 Å². The van der Waals surface area contributed by atoms with E-state index in [1.54, 1.807) is 11.3 Å². The van der Waals surface area contributed by atoms with Crippen LogP contribution in [0.3, 0.4) is 0 Å². The smallest absolute Gasteiger partial charge is 0.307 e. The van der Waals surface area contributed by atoms with Crippen molar-refractivity contribution in [2.45, 2.75) is 19.3 Å². The van der Waals surface area contributed by atoms with Gasteiger partial charge in [0.15, 0.2) is 5.13 Å². The van der Waals surface area contributed by atoms with Crippen LogP contribution in [0.1, 0.15) is 22.9 Å². The van der Waals surface area contributed by atoms with E-state index in [2.05, 4.69) is 4.98 Å². The Morgan fingerprint density at radius 2 is 2.27 bits per heavy atom. The Morgan fingerprint density at radius 1 is 1.60 bits per heavy atom. The maximum atomic E-state index is 10.8. The van der Waals surface area contributed by atoms with Crippen molar-refractivity contribution < 1.29 is 9.90 Å². The molecule has 0 radical (unpaired) electrons. The zero-order valence-corrected chi connectivity index (χ0v) is 9.84. The maximum absolute atomic E-state index is 10.8. The number of aromatic nitrogens is 1. The van der Waals surface area contributed by atoms with E-state index in [1.807, 2.05) is 25.9 Å². The summed E-state index contributed by atoms with van der Waals surface area (Å²) >= 11 is 1.61. The highest BCUT2D eigenvalue weighted by Crippen LogP contribution is 2.51. The zero-order chi connectivity index (χ0) is 11.2. The summed E-state index contributed by atoms with van der Waals surface area (Å²) in [5.41, 5.74) is 0.984. The van der Waals surface area contributed by atoms with E-state index < -0.39 is 5.97 Å². The molecule has 4 nitrogen and oxygen atoms in total. The molecule has 1 fully saturated rings. The first-order chi connectivity index (χ1) is 7.00. The van der Waals surface area contributed by atoms with Crippen molar-refractivity contribution in [3.05, 3.63) is 10.6 Å². The van der Waals surface area contributed by atoms with Gasteiger partial charge in [0.25, 0.3) is 0 Å². The molecule has 1 aromatic heterocycles. The van der Waals surface area contributed by atoms with Gasteiger partial charge in [0.05, 0.1) is 11.6 Å². The molecule has 0 aliphatic heterocycles. The van der Waals surface area contributed by atoms with E-state index in [4.69, 9.17) is 5.11 Å². The Morgan fingerprint density at radius 3 is 2.67 bits per heavy atom. The molecule has 1 N–H and O–H groups in total. The summed E-state index contributed by atoms with van der Waals surface area (Å²) in [6.45, 7) is 1.95. The topological polar surface area (TPSA) is 53.4 Å². The second kappa shape index (κ2) is 3.48. The average Bonchev–Trinajstić information content (AvgIpc) is 2.84. The second-order valence-corrected chi connectivity index (χ2v) is 5.14. The largest absolute Gasteiger partial charge is 0.481 e. The molecule has 82 valence electrons. The van der Waals surface area contributed by atoms with Crippen LogP contribution in [0.5, 0.6) is 0 Å². The molecule has 5 heteroatoms. The first kappa shape index (κ1) is 10.4. The van der Waals surface area contributed by atoms with Gasteiger partial charge in [-0.3, -0.25) is 4.79 Å². The fourth-order valence-corrected chi connectivity index (χ4v) is 2.85. The molecular weight excluding hydrogens is 212 g/mol. The van der Waals surface area contributed by atoms with Crippen LogP contribution in [-0.4, -0.2) is 30.2 Å². The van der Waals surface area contributed by atoms with Crippen LogP contribution in [0.4, 0.5) is 5.13 Å². The molecular formula is C10H14N2O2S. The number of carboxylic acids is 1. The van der Waals surface area contributed by atoms with Crippen molar-refractivity contribution in [1.29, 1.82) is 0 Å². The van der Waals surface area contributed by atoms with Crippen molar-refractivity contribution in [2.24, 2.45) is 5.92 Å². The van der Waals surface area contributed by atoms with E-state index in [0.717, 1.165) is 22.1 Å². The highest BCUT2D eigenvalue weighted by atomic mass is 32.1. The van der Waals surface area contributed by atoms with Gasteiger partial charge in [-0.05, 0) is 13.3 Å². The third-order valence-corrected chi connectivity index (χ3v) is 4.11. The standard InChI is InChI=1S/C10H14N2O2S/c1-5-8(6-4-7(6)9(13)14)15-10(11-5)12(2)3/h6-7H,4H2,1-3H3,(H,13,14). The van der Waals surface area contributed by atoms with Crippen LogP contribution >= 0.6 is 11.3 Å². The van der Waals surface area contributed by atoms with Crippen LogP contribution in [0.15, 0.2) is 0 Å². The number of nitrogens with zero attached hydrogens (tertiary/aromatic N) is 2. The highest BCUT2D eigenvalue weighted by Gasteiger charge is 2.46. The second-order valence-electron chi connectivity index (χ2n) is 4.13. The van der Waals surface area contributed by atoms with Gasteiger partial charge in [0.2, 0.25) is 0 Å². The Hall–Kier alpha value is -1.10. The Bertz CT molecular complexity index is 400. The number of thiazole rings is 1. The number of anilines is 1. The molecule has 1 aliphatic rings. The van der Waals surface area contributed by atoms with Crippen LogP contribution in [-0.2, 0) is 4.79 Å². The van der Waals surface area contributed by atoms with Gasteiger partial charge in [-0.2, -0.15) is 0 Å². The minimum Gasteiger partial charge on any atom is -0.481 e. The lowest BCUT2D eigenvalue weighted by Crippen LogP contribution is -2.07. The van der Waals surface area contributed by atoms with Crippen molar-refractivity contribution in [3.63, 3.8) is 0 Å². The summed E-state index contributed by atoms with van der Waals surface area (Å²) in [5.74, 6) is -0.660. The summed E-state index contributed by atoms with van der Waals surface area (Å²) in [6.07, 6.45) is 0.769. The van der Waals surface area contributed by atoms with E-state index in [-0.39, 0.29) is 11.8 Å². The Labute approximate surface area is 92.6 Å². The fraction of sp³-hybridized carbons (Fsp3) is 0.600. The summed E-state index contributed by atoms with van der Waals surface area (Å²) in [7, 11) is 3.90. The van der Waals surface area contributed by atoms with E-state index >= 15 is 0 Å². The Balaban J connectivity index is 2.20. The predicted molar refractivity (Wildman–Crippen MR) is 59.7 cm³/mol. The molecule has 1 heterocycles. The quantitative estimate of drug-likeness (QED) is 0.852. The fourth-order valence-electron chi connectivity index (χ4n) is 1.69. The van der Waals surface area contributed by atoms with Gasteiger partial charge in [0, 0.05) is 24.9 Å². The molecule has 0 amide bonds. The first-order valence-electron chi connectivity index (χ1n) is 4.88. The summed E-state index contributed by atoms with van der Waals surface area (Å²) in [6, 6.07) is 0. The Kier molecular flexibility index (Phi) is 2.42. The molecule has 0 saturated heterocycles. The molecule has 1 saturated carbocycles. The van der Waals surface area contributed by atoms with Crippen molar-refractivity contribution in [2.75, 3.05) is 19.0 Å². The molecule has 0 spiro atoms. The lowest BCUT2D eigenvalue weighted by atomic mass is 10.2. The predicted octanol–water partition coefficient (Wildman–Crippen LogP) is 1.71. The van der Waals surface area contributed by atoms with Gasteiger partial charge in [-0.25, -0.2) is 4.98 Å². The summed E-state index contributed by atoms with van der Waals surface area (Å²) in [5, 5.41) is 9.82. The van der Waals surface area contributed by atoms with Crippen molar-refractivity contribution in [1.82, 2.24) is 4.98 Å². The number of aliphatic carboxylic acids is 1. The third kappa shape index (κ3) is 1.84. The van der Waals surface area contributed by atoms with E-state index in [0.29, 0.717) is 0 Å². The summed E-state index contributed by atoms with van der Waals surface area (Å²) in [4.78, 5) is 18.3. The molecule has 15 heavy (non-hydrogen) atoms. The van der Waals surface area contributed by atoms with Crippen LogP contribution < -0.4 is 4.90 Å². The van der Waals surface area contributed by atoms with Crippen molar-refractivity contribution in [3.8, 4) is 0 Å². The van der Waals surface area contributed by atoms with Crippen molar-refractivity contribution >= 4 is 22.4 Å². The number of rotatable bonds is 3. The molecule has 2 unspecified atom stereocenters. The monoisotopic (exact) mass is 226 g/mol. The molecule has 1 aromatic rings. The van der Waals surface area contributed by atoms with Crippen LogP contribution in [0.25, 0.3) is 0 Å². The zero-order valence-electron chi connectivity index (χ0n) is 9.02. The normalized spacial score (nSPS) is 23.9.